The first-order valence-electron chi connectivity index (χ1n) is 5.40. The van der Waals surface area contributed by atoms with E-state index in [9.17, 15) is 13.2 Å². The van der Waals surface area contributed by atoms with Gasteiger partial charge in [0.1, 0.15) is 0 Å². The van der Waals surface area contributed by atoms with Crippen LogP contribution in [0, 0.1) is 0 Å². The van der Waals surface area contributed by atoms with E-state index in [1.807, 2.05) is 13.8 Å². The summed E-state index contributed by atoms with van der Waals surface area (Å²) in [6.45, 7) is 3.87. The molecule has 0 heterocycles. The van der Waals surface area contributed by atoms with E-state index in [1.54, 1.807) is 6.08 Å². The maximum atomic E-state index is 12.0. The van der Waals surface area contributed by atoms with Crippen LogP contribution in [0.1, 0.15) is 24.2 Å². The average molecular weight is 348 g/mol. The number of benzene rings is 1. The molecule has 19 heavy (non-hydrogen) atoms. The van der Waals surface area contributed by atoms with Crippen LogP contribution in [0.4, 0.5) is 0 Å². The van der Waals surface area contributed by atoms with E-state index < -0.39 is 16.0 Å². The minimum atomic E-state index is -3.75. The Bertz CT molecular complexity index is 619. The third-order valence-electron chi connectivity index (χ3n) is 2.25. The van der Waals surface area contributed by atoms with Crippen molar-refractivity contribution in [3.63, 3.8) is 0 Å². The second-order valence-corrected chi connectivity index (χ2v) is 6.67. The number of aromatic carboxylic acids is 1. The number of hydrogen-bond donors (Lipinski definition) is 2. The molecule has 1 aromatic carbocycles. The molecule has 0 saturated heterocycles. The van der Waals surface area contributed by atoms with Gasteiger partial charge in [0.25, 0.3) is 0 Å². The zero-order chi connectivity index (χ0) is 14.6. The van der Waals surface area contributed by atoms with E-state index in [0.29, 0.717) is 4.47 Å². The van der Waals surface area contributed by atoms with Gasteiger partial charge in [0.2, 0.25) is 10.0 Å². The van der Waals surface area contributed by atoms with Crippen molar-refractivity contribution in [1.82, 2.24) is 4.72 Å². The van der Waals surface area contributed by atoms with E-state index in [0.717, 1.165) is 11.6 Å². The summed E-state index contributed by atoms with van der Waals surface area (Å²) in [5, 5.41) is 8.87. The van der Waals surface area contributed by atoms with Crippen molar-refractivity contribution in [1.29, 1.82) is 0 Å². The highest BCUT2D eigenvalue weighted by Crippen LogP contribution is 2.23. The lowest BCUT2D eigenvalue weighted by Crippen LogP contribution is -2.24. The Labute approximate surface area is 120 Å². The Morgan fingerprint density at radius 2 is 2.05 bits per heavy atom. The van der Waals surface area contributed by atoms with E-state index in [-0.39, 0.29) is 17.0 Å². The first-order valence-corrected chi connectivity index (χ1v) is 7.67. The zero-order valence-electron chi connectivity index (χ0n) is 10.5. The molecule has 5 nitrogen and oxygen atoms in total. The fourth-order valence-corrected chi connectivity index (χ4v) is 3.23. The second kappa shape index (κ2) is 6.31. The molecule has 0 aliphatic carbocycles. The van der Waals surface area contributed by atoms with Crippen LogP contribution in [-0.4, -0.2) is 26.0 Å². The van der Waals surface area contributed by atoms with Gasteiger partial charge in [0.15, 0.2) is 0 Å². The molecule has 0 atom stereocenters. The van der Waals surface area contributed by atoms with Crippen molar-refractivity contribution in [3.8, 4) is 0 Å². The van der Waals surface area contributed by atoms with Crippen molar-refractivity contribution in [2.24, 2.45) is 0 Å². The standard InChI is InChI=1S/C12H14BrNO4S/c1-8(2)5-6-14-19(17,18)11-7-9(12(15)16)3-4-10(11)13/h3-5,7,14H,6H2,1-2H3,(H,15,16). The summed E-state index contributed by atoms with van der Waals surface area (Å²) < 4.78 is 26.8. The van der Waals surface area contributed by atoms with Crippen LogP contribution in [0.3, 0.4) is 0 Å². The highest BCUT2D eigenvalue weighted by molar-refractivity contribution is 9.10. The molecular weight excluding hydrogens is 334 g/mol. The molecule has 0 aromatic heterocycles. The minimum Gasteiger partial charge on any atom is -0.478 e. The van der Waals surface area contributed by atoms with Crippen LogP contribution in [0.5, 0.6) is 0 Å². The summed E-state index contributed by atoms with van der Waals surface area (Å²) in [6, 6.07) is 3.86. The van der Waals surface area contributed by atoms with Crippen molar-refractivity contribution >= 4 is 31.9 Å². The Morgan fingerprint density at radius 3 is 2.58 bits per heavy atom. The molecule has 1 rings (SSSR count). The van der Waals surface area contributed by atoms with Crippen LogP contribution in [0.2, 0.25) is 0 Å². The Morgan fingerprint density at radius 1 is 1.42 bits per heavy atom. The van der Waals surface area contributed by atoms with E-state index in [1.165, 1.54) is 12.1 Å². The summed E-state index contributed by atoms with van der Waals surface area (Å²) >= 11 is 3.11. The molecule has 0 amide bonds. The Kier molecular flexibility index (Phi) is 5.28. The molecule has 1 aromatic rings. The number of halogens is 1. The molecule has 0 aliphatic heterocycles. The Hall–Kier alpha value is -1.18. The van der Waals surface area contributed by atoms with Gasteiger partial charge < -0.3 is 5.11 Å². The molecule has 0 saturated carbocycles. The van der Waals surface area contributed by atoms with Crippen LogP contribution < -0.4 is 4.72 Å². The van der Waals surface area contributed by atoms with E-state index >= 15 is 0 Å². The number of carbonyl (C=O) groups is 1. The van der Waals surface area contributed by atoms with Gasteiger partial charge in [-0.2, -0.15) is 0 Å². The number of rotatable bonds is 5. The lowest BCUT2D eigenvalue weighted by atomic mass is 10.2. The molecule has 0 spiro atoms. The normalized spacial score (nSPS) is 11.1. The molecule has 2 N–H and O–H groups in total. The number of allylic oxidation sites excluding steroid dienone is 1. The molecule has 0 aliphatic rings. The first-order chi connectivity index (χ1) is 8.74. The Balaban J connectivity index is 3.10. The van der Waals surface area contributed by atoms with Crippen molar-refractivity contribution in [2.45, 2.75) is 18.7 Å². The van der Waals surface area contributed by atoms with Gasteiger partial charge in [-0.3, -0.25) is 0 Å². The predicted molar refractivity (Wildman–Crippen MR) is 75.7 cm³/mol. The molecule has 0 fully saturated rings. The monoisotopic (exact) mass is 347 g/mol. The van der Waals surface area contributed by atoms with Crippen molar-refractivity contribution in [2.75, 3.05) is 6.54 Å². The fourth-order valence-electron chi connectivity index (χ4n) is 1.28. The summed E-state index contributed by atoms with van der Waals surface area (Å²) in [6.07, 6.45) is 1.73. The lowest BCUT2D eigenvalue weighted by molar-refractivity contribution is 0.0696. The molecule has 0 bridgehead atoms. The fraction of sp³-hybridized carbons (Fsp3) is 0.250. The van der Waals surface area contributed by atoms with Crippen LogP contribution in [-0.2, 0) is 10.0 Å². The molecule has 7 heteroatoms. The van der Waals surface area contributed by atoms with Gasteiger partial charge in [0, 0.05) is 11.0 Å². The predicted octanol–water partition coefficient (Wildman–Crippen LogP) is 2.39. The number of carboxylic acids is 1. The third kappa shape index (κ3) is 4.45. The van der Waals surface area contributed by atoms with Gasteiger partial charge in [0.05, 0.1) is 10.5 Å². The van der Waals surface area contributed by atoms with Gasteiger partial charge in [-0.1, -0.05) is 11.6 Å². The molecule has 0 unspecified atom stereocenters. The number of hydrogen-bond acceptors (Lipinski definition) is 3. The van der Waals surface area contributed by atoms with Crippen molar-refractivity contribution < 1.29 is 18.3 Å². The smallest absolute Gasteiger partial charge is 0.335 e. The van der Waals surface area contributed by atoms with Gasteiger partial charge in [-0.05, 0) is 48.0 Å². The highest BCUT2D eigenvalue weighted by Gasteiger charge is 2.18. The molecule has 0 radical (unpaired) electrons. The van der Waals surface area contributed by atoms with E-state index in [2.05, 4.69) is 20.7 Å². The number of nitrogens with one attached hydrogen (secondary N) is 1. The summed E-state index contributed by atoms with van der Waals surface area (Å²) in [7, 11) is -3.75. The third-order valence-corrected chi connectivity index (χ3v) is 4.67. The minimum absolute atomic E-state index is 0.0780. The summed E-state index contributed by atoms with van der Waals surface area (Å²) in [5.74, 6) is -1.17. The maximum absolute atomic E-state index is 12.0. The van der Waals surface area contributed by atoms with Gasteiger partial charge in [-0.25, -0.2) is 17.9 Å². The summed E-state index contributed by atoms with van der Waals surface area (Å²) in [4.78, 5) is 10.8. The zero-order valence-corrected chi connectivity index (χ0v) is 12.9. The summed E-state index contributed by atoms with van der Waals surface area (Å²) in [5.41, 5.74) is 0.909. The largest absolute Gasteiger partial charge is 0.478 e. The molecule has 104 valence electrons. The number of carboxylic acid groups (broad SMARTS) is 1. The van der Waals surface area contributed by atoms with Crippen molar-refractivity contribution in [3.05, 3.63) is 39.9 Å². The maximum Gasteiger partial charge on any atom is 0.335 e. The van der Waals surface area contributed by atoms with Crippen LogP contribution in [0.25, 0.3) is 0 Å². The first kappa shape index (κ1) is 15.9. The van der Waals surface area contributed by atoms with Gasteiger partial charge in [-0.15, -0.1) is 0 Å². The highest BCUT2D eigenvalue weighted by atomic mass is 79.9. The van der Waals surface area contributed by atoms with Gasteiger partial charge >= 0.3 is 5.97 Å². The quantitative estimate of drug-likeness (QED) is 0.801. The van der Waals surface area contributed by atoms with E-state index in [4.69, 9.17) is 5.11 Å². The average Bonchev–Trinajstić information content (AvgIpc) is 2.28. The topological polar surface area (TPSA) is 83.5 Å². The lowest BCUT2D eigenvalue weighted by Gasteiger charge is -2.08. The van der Waals surface area contributed by atoms with Crippen LogP contribution in [0.15, 0.2) is 39.2 Å². The second-order valence-electron chi connectivity index (χ2n) is 4.08. The number of sulfonamides is 1. The van der Waals surface area contributed by atoms with Crippen LogP contribution >= 0.6 is 15.9 Å². The SMILES string of the molecule is CC(C)=CCNS(=O)(=O)c1cc(C(=O)O)ccc1Br. The molecular formula is C12H14BrNO4S.